The fraction of sp³-hybridized carbons (Fsp3) is 0.0833. The van der Waals surface area contributed by atoms with E-state index in [0.29, 0.717) is 17.0 Å². The predicted molar refractivity (Wildman–Crippen MR) is 74.8 cm³/mol. The molecule has 0 saturated carbocycles. The molecule has 0 fully saturated rings. The summed E-state index contributed by atoms with van der Waals surface area (Å²) < 4.78 is 5.28. The third kappa shape index (κ3) is 2.43. The summed E-state index contributed by atoms with van der Waals surface area (Å²) in [5, 5.41) is 16.1. The number of aromatic nitrogens is 5. The van der Waals surface area contributed by atoms with Gasteiger partial charge in [-0.15, -0.1) is 5.10 Å². The molecule has 9 heteroatoms. The number of ether oxygens (including phenoxy) is 1. The lowest BCUT2D eigenvalue weighted by molar-refractivity contribution is 0.102. The van der Waals surface area contributed by atoms with Crippen LogP contribution in [-0.4, -0.2) is 38.6 Å². The number of pyridine rings is 1. The molecule has 2 aromatic heterocycles. The number of nitrogens with one attached hydrogen (secondary N) is 2. The van der Waals surface area contributed by atoms with Crippen molar-refractivity contribution in [3.63, 3.8) is 0 Å². The average Bonchev–Trinajstić information content (AvgIpc) is 2.99. The number of carbonyl (C=O) groups is 1. The molecule has 21 heavy (non-hydrogen) atoms. The summed E-state index contributed by atoms with van der Waals surface area (Å²) in [5.74, 6) is 0.108. The zero-order valence-corrected chi connectivity index (χ0v) is 11.0. The first kappa shape index (κ1) is 12.8. The first-order valence-electron chi connectivity index (χ1n) is 5.96. The van der Waals surface area contributed by atoms with Crippen molar-refractivity contribution < 1.29 is 9.53 Å². The Morgan fingerprint density at radius 1 is 1.38 bits per heavy atom. The fourth-order valence-electron chi connectivity index (χ4n) is 1.88. The van der Waals surface area contributed by atoms with Crippen molar-refractivity contribution in [3.05, 3.63) is 30.0 Å². The van der Waals surface area contributed by atoms with Gasteiger partial charge in [0.1, 0.15) is 11.4 Å². The molecule has 0 spiro atoms. The normalized spacial score (nSPS) is 10.5. The molecule has 4 N–H and O–H groups in total. The largest absolute Gasteiger partial charge is 0.496 e. The average molecular weight is 285 g/mol. The molecule has 106 valence electrons. The molecule has 0 atom stereocenters. The molecule has 0 aliphatic heterocycles. The molecule has 0 radical (unpaired) electrons. The van der Waals surface area contributed by atoms with Crippen LogP contribution in [0, 0.1) is 0 Å². The Balaban J connectivity index is 2.03. The van der Waals surface area contributed by atoms with Crippen LogP contribution in [0.1, 0.15) is 10.5 Å². The fourth-order valence-corrected chi connectivity index (χ4v) is 1.88. The molecular weight excluding hydrogens is 274 g/mol. The topological polar surface area (TPSA) is 132 Å². The lowest BCUT2D eigenvalue weighted by Gasteiger charge is -2.08. The zero-order chi connectivity index (χ0) is 14.8. The first-order valence-corrected chi connectivity index (χ1v) is 5.96. The van der Waals surface area contributed by atoms with Crippen LogP contribution in [0.5, 0.6) is 5.75 Å². The van der Waals surface area contributed by atoms with Gasteiger partial charge in [-0.3, -0.25) is 10.1 Å². The van der Waals surface area contributed by atoms with Gasteiger partial charge in [0.25, 0.3) is 11.9 Å². The van der Waals surface area contributed by atoms with Crippen molar-refractivity contribution in [3.8, 4) is 5.75 Å². The molecule has 1 amide bonds. The molecule has 0 aliphatic rings. The summed E-state index contributed by atoms with van der Waals surface area (Å²) >= 11 is 0. The minimum Gasteiger partial charge on any atom is -0.496 e. The van der Waals surface area contributed by atoms with E-state index in [4.69, 9.17) is 10.5 Å². The van der Waals surface area contributed by atoms with E-state index in [1.807, 2.05) is 0 Å². The van der Waals surface area contributed by atoms with Crippen LogP contribution < -0.4 is 15.8 Å². The Kier molecular flexibility index (Phi) is 3.07. The van der Waals surface area contributed by atoms with Crippen LogP contribution in [0.3, 0.4) is 0 Å². The number of H-pyrrole nitrogens is 1. The number of rotatable bonds is 3. The van der Waals surface area contributed by atoms with E-state index in [9.17, 15) is 4.79 Å². The van der Waals surface area contributed by atoms with Crippen LogP contribution >= 0.6 is 0 Å². The zero-order valence-electron chi connectivity index (χ0n) is 11.0. The number of tetrazole rings is 1. The molecule has 2 heterocycles. The Bertz CT molecular complexity index is 801. The van der Waals surface area contributed by atoms with Gasteiger partial charge in [0.15, 0.2) is 0 Å². The molecule has 0 bridgehead atoms. The lowest BCUT2D eigenvalue weighted by Crippen LogP contribution is -2.15. The van der Waals surface area contributed by atoms with Crippen LogP contribution in [-0.2, 0) is 0 Å². The van der Waals surface area contributed by atoms with Gasteiger partial charge in [-0.05, 0) is 23.4 Å². The van der Waals surface area contributed by atoms with Gasteiger partial charge in [-0.2, -0.15) is 5.21 Å². The number of hydrogen-bond donors (Lipinski definition) is 3. The van der Waals surface area contributed by atoms with Crippen molar-refractivity contribution in [2.45, 2.75) is 0 Å². The van der Waals surface area contributed by atoms with E-state index >= 15 is 0 Å². The Morgan fingerprint density at radius 3 is 2.95 bits per heavy atom. The standard InChI is InChI=1S/C12H11N7O2/c1-21-10-5-9(11(20)15-12-16-18-19-17-12)14-8-3-2-6(13)4-7(8)10/h2-5H,13H2,1H3,(H2,15,16,17,18,19,20). The highest BCUT2D eigenvalue weighted by atomic mass is 16.5. The third-order valence-corrected chi connectivity index (χ3v) is 2.82. The monoisotopic (exact) mass is 285 g/mol. The number of nitrogens with zero attached hydrogens (tertiary/aromatic N) is 4. The highest BCUT2D eigenvalue weighted by Crippen LogP contribution is 2.27. The number of nitrogen functional groups attached to an aromatic ring is 1. The summed E-state index contributed by atoms with van der Waals surface area (Å²) in [6, 6.07) is 6.69. The van der Waals surface area contributed by atoms with E-state index in [1.54, 1.807) is 18.2 Å². The summed E-state index contributed by atoms with van der Waals surface area (Å²) in [4.78, 5) is 16.4. The summed E-state index contributed by atoms with van der Waals surface area (Å²) in [6.07, 6.45) is 0. The van der Waals surface area contributed by atoms with Crippen LogP contribution in [0.2, 0.25) is 0 Å². The number of methoxy groups -OCH3 is 1. The van der Waals surface area contributed by atoms with E-state index in [0.717, 1.165) is 5.39 Å². The number of carbonyl (C=O) groups excluding carboxylic acids is 1. The number of hydrogen-bond acceptors (Lipinski definition) is 7. The summed E-state index contributed by atoms with van der Waals surface area (Å²) in [5.41, 5.74) is 7.11. The number of amides is 1. The molecule has 3 aromatic rings. The SMILES string of the molecule is COc1cc(C(=O)Nc2nn[nH]n2)nc2ccc(N)cc12. The van der Waals surface area contributed by atoms with Gasteiger partial charge in [0.05, 0.1) is 12.6 Å². The Labute approximate surface area is 118 Å². The molecule has 0 saturated heterocycles. The van der Waals surface area contributed by atoms with Crippen LogP contribution in [0.15, 0.2) is 24.3 Å². The Morgan fingerprint density at radius 2 is 2.24 bits per heavy atom. The molecule has 9 nitrogen and oxygen atoms in total. The van der Waals surface area contributed by atoms with Crippen molar-refractivity contribution in [2.24, 2.45) is 0 Å². The summed E-state index contributed by atoms with van der Waals surface area (Å²) in [7, 11) is 1.51. The number of benzene rings is 1. The van der Waals surface area contributed by atoms with Crippen molar-refractivity contribution in [2.75, 3.05) is 18.2 Å². The van der Waals surface area contributed by atoms with Gasteiger partial charge in [0, 0.05) is 17.1 Å². The number of nitrogens with two attached hydrogens (primary N) is 1. The maximum atomic E-state index is 12.1. The van der Waals surface area contributed by atoms with Crippen molar-refractivity contribution in [1.29, 1.82) is 0 Å². The predicted octanol–water partition coefficient (Wildman–Crippen LogP) is 0.591. The number of aromatic amines is 1. The Hall–Kier alpha value is -3.23. The molecule has 1 aromatic carbocycles. The van der Waals surface area contributed by atoms with Crippen molar-refractivity contribution in [1.82, 2.24) is 25.6 Å². The third-order valence-electron chi connectivity index (χ3n) is 2.82. The van der Waals surface area contributed by atoms with E-state index in [1.165, 1.54) is 13.2 Å². The number of anilines is 2. The lowest BCUT2D eigenvalue weighted by atomic mass is 10.1. The van der Waals surface area contributed by atoms with Gasteiger partial charge in [-0.25, -0.2) is 4.98 Å². The van der Waals surface area contributed by atoms with Gasteiger partial charge in [-0.1, -0.05) is 5.10 Å². The molecule has 0 aliphatic carbocycles. The minimum atomic E-state index is -0.464. The van der Waals surface area contributed by atoms with E-state index in [2.05, 4.69) is 30.9 Å². The smallest absolute Gasteiger partial charge is 0.276 e. The summed E-state index contributed by atoms with van der Waals surface area (Å²) in [6.45, 7) is 0. The molecule has 0 unspecified atom stereocenters. The van der Waals surface area contributed by atoms with E-state index in [-0.39, 0.29) is 11.6 Å². The first-order chi connectivity index (χ1) is 10.2. The van der Waals surface area contributed by atoms with E-state index < -0.39 is 5.91 Å². The van der Waals surface area contributed by atoms with Gasteiger partial charge >= 0.3 is 0 Å². The molecule has 3 rings (SSSR count). The van der Waals surface area contributed by atoms with Crippen molar-refractivity contribution >= 4 is 28.4 Å². The molecular formula is C12H11N7O2. The second-order valence-electron chi connectivity index (χ2n) is 4.18. The van der Waals surface area contributed by atoms with Gasteiger partial charge in [0.2, 0.25) is 0 Å². The van der Waals surface area contributed by atoms with Gasteiger partial charge < -0.3 is 10.5 Å². The maximum absolute atomic E-state index is 12.1. The minimum absolute atomic E-state index is 0.0677. The second-order valence-corrected chi connectivity index (χ2v) is 4.18. The second kappa shape index (κ2) is 5.04. The highest BCUT2D eigenvalue weighted by Gasteiger charge is 2.14. The highest BCUT2D eigenvalue weighted by molar-refractivity contribution is 6.04. The maximum Gasteiger partial charge on any atom is 0.276 e. The number of fused-ring (bicyclic) bond motifs is 1. The quantitative estimate of drug-likeness (QED) is 0.600. The van der Waals surface area contributed by atoms with Crippen LogP contribution in [0.4, 0.5) is 11.6 Å². The van der Waals surface area contributed by atoms with Crippen LogP contribution in [0.25, 0.3) is 10.9 Å².